The Hall–Kier alpha value is -4.97. The number of carbonyl (C=O) groups excluding carboxylic acids is 3. The highest BCUT2D eigenvalue weighted by Gasteiger charge is 2.19. The van der Waals surface area contributed by atoms with Crippen LogP contribution in [0.5, 0.6) is 0 Å². The van der Waals surface area contributed by atoms with Gasteiger partial charge >= 0.3 is 17.9 Å². The summed E-state index contributed by atoms with van der Waals surface area (Å²) < 4.78 is 16.8. The van der Waals surface area contributed by atoms with Gasteiger partial charge in [0.25, 0.3) is 0 Å². The third-order valence-electron chi connectivity index (χ3n) is 12.5. The summed E-state index contributed by atoms with van der Waals surface area (Å²) in [6.07, 6.45) is 92.5. The minimum absolute atomic E-state index is 0.111. The highest BCUT2D eigenvalue weighted by molar-refractivity contribution is 5.71. The molecule has 0 saturated carbocycles. The molecule has 0 aliphatic carbocycles. The second-order valence-electron chi connectivity index (χ2n) is 19.9. The monoisotopic (exact) mass is 1060 g/mol. The Bertz CT molecular complexity index is 1740. The normalized spacial score (nSPS) is 13.2. The lowest BCUT2D eigenvalue weighted by Crippen LogP contribution is -2.30. The van der Waals surface area contributed by atoms with Crippen LogP contribution >= 0.6 is 0 Å². The van der Waals surface area contributed by atoms with Gasteiger partial charge in [0.15, 0.2) is 6.10 Å². The van der Waals surface area contributed by atoms with Crippen molar-refractivity contribution in [3.63, 3.8) is 0 Å². The maximum Gasteiger partial charge on any atom is 0.306 e. The van der Waals surface area contributed by atoms with Gasteiger partial charge in [-0.25, -0.2) is 0 Å². The number of esters is 3. The molecule has 0 fully saturated rings. The standard InChI is InChI=1S/C71H112O6/c1-4-7-10-13-16-19-22-24-26-28-30-32-34-35-37-38-40-42-44-46-49-52-55-58-61-64-70(73)76-67-68(66-75-69(72)63-60-57-54-51-48-21-18-15-12-9-6-3)77-71(74)65-62-59-56-53-50-47-45-43-41-39-36-33-31-29-27-25-23-20-17-14-11-8-5-2/h7-8,10-11,16-17,19-20,24-27,30-33,35,37,39-42,45,47,53,56,68H,4-6,9,12-15,18,21-23,28-29,34,36,38,43-44,46,48-52,54-55,57-67H2,1-3H3/b10-7-,11-8-,19-16-,20-17-,26-24-,27-25-,32-30-,33-31-,37-35-,41-39-,42-40-,47-45-,56-53-. The molecule has 0 spiro atoms. The van der Waals surface area contributed by atoms with Crippen LogP contribution in [0.25, 0.3) is 0 Å². The summed E-state index contributed by atoms with van der Waals surface area (Å²) >= 11 is 0. The van der Waals surface area contributed by atoms with Gasteiger partial charge in [-0.2, -0.15) is 0 Å². The highest BCUT2D eigenvalue weighted by atomic mass is 16.6. The molecule has 0 saturated heterocycles. The largest absolute Gasteiger partial charge is 0.462 e. The van der Waals surface area contributed by atoms with E-state index in [-0.39, 0.29) is 37.5 Å². The molecule has 0 bridgehead atoms. The van der Waals surface area contributed by atoms with E-state index >= 15 is 0 Å². The number of rotatable bonds is 54. The summed E-state index contributed by atoms with van der Waals surface area (Å²) in [6, 6.07) is 0. The van der Waals surface area contributed by atoms with Crippen molar-refractivity contribution < 1.29 is 28.6 Å². The van der Waals surface area contributed by atoms with Gasteiger partial charge in [0, 0.05) is 19.3 Å². The lowest BCUT2D eigenvalue weighted by Gasteiger charge is -2.18. The van der Waals surface area contributed by atoms with Crippen LogP contribution in [0.15, 0.2) is 158 Å². The molecule has 0 rings (SSSR count). The van der Waals surface area contributed by atoms with Crippen molar-refractivity contribution in [3.8, 4) is 0 Å². The van der Waals surface area contributed by atoms with E-state index in [0.717, 1.165) is 141 Å². The molecule has 0 aliphatic rings. The van der Waals surface area contributed by atoms with Crippen LogP contribution in [0.3, 0.4) is 0 Å². The van der Waals surface area contributed by atoms with Gasteiger partial charge in [-0.3, -0.25) is 14.4 Å². The van der Waals surface area contributed by atoms with E-state index in [9.17, 15) is 14.4 Å². The molecule has 0 amide bonds. The number of unbranched alkanes of at least 4 members (excludes halogenated alkanes) is 17. The fourth-order valence-electron chi connectivity index (χ4n) is 7.96. The Kier molecular flexibility index (Phi) is 59.5. The van der Waals surface area contributed by atoms with Crippen molar-refractivity contribution in [3.05, 3.63) is 158 Å². The van der Waals surface area contributed by atoms with Crippen molar-refractivity contribution in [1.82, 2.24) is 0 Å². The molecule has 0 aliphatic heterocycles. The number of hydrogen-bond donors (Lipinski definition) is 0. The summed E-state index contributed by atoms with van der Waals surface area (Å²) in [6.45, 7) is 6.34. The number of carbonyl (C=O) groups is 3. The Balaban J connectivity index is 4.47. The van der Waals surface area contributed by atoms with Crippen LogP contribution < -0.4 is 0 Å². The van der Waals surface area contributed by atoms with Crippen molar-refractivity contribution in [2.24, 2.45) is 0 Å². The molecule has 0 aromatic carbocycles. The summed E-state index contributed by atoms with van der Waals surface area (Å²) in [5.74, 6) is -0.991. The first-order chi connectivity index (χ1) is 38.0. The molecule has 77 heavy (non-hydrogen) atoms. The number of hydrogen-bond acceptors (Lipinski definition) is 6. The Morgan fingerprint density at radius 3 is 0.831 bits per heavy atom. The van der Waals surface area contributed by atoms with Gasteiger partial charge in [0.05, 0.1) is 0 Å². The minimum atomic E-state index is -0.822. The molecule has 6 nitrogen and oxygen atoms in total. The molecule has 6 heteroatoms. The molecule has 0 aromatic rings. The smallest absolute Gasteiger partial charge is 0.306 e. The van der Waals surface area contributed by atoms with Gasteiger partial charge < -0.3 is 14.2 Å². The molecule has 0 radical (unpaired) electrons. The van der Waals surface area contributed by atoms with Crippen molar-refractivity contribution >= 4 is 17.9 Å². The van der Waals surface area contributed by atoms with E-state index in [4.69, 9.17) is 14.2 Å². The molecule has 1 unspecified atom stereocenters. The molecule has 0 heterocycles. The van der Waals surface area contributed by atoms with Gasteiger partial charge in [0.1, 0.15) is 13.2 Å². The SMILES string of the molecule is CC/C=C\C/C=C\C/C=C\C/C=C\C/C=C\C/C=C\C/C=C\CCCC(=O)OC(COC(=O)CCCCCCCC/C=C\C/C=C\C/C=C\C/C=C\C/C=C\C/C=C\CC)COC(=O)CCCCCCCCCCCCC. The average molecular weight is 1060 g/mol. The maximum atomic E-state index is 12.9. The fraction of sp³-hybridized carbons (Fsp3) is 0.592. The summed E-state index contributed by atoms with van der Waals surface area (Å²) in [7, 11) is 0. The van der Waals surface area contributed by atoms with Crippen molar-refractivity contribution in [2.45, 2.75) is 258 Å². The molecular formula is C71H112O6. The zero-order valence-electron chi connectivity index (χ0n) is 49.4. The van der Waals surface area contributed by atoms with Crippen molar-refractivity contribution in [2.75, 3.05) is 13.2 Å². The first kappa shape index (κ1) is 72.0. The summed E-state index contributed by atoms with van der Waals surface area (Å²) in [5, 5.41) is 0. The minimum Gasteiger partial charge on any atom is -0.462 e. The Morgan fingerprint density at radius 1 is 0.273 bits per heavy atom. The van der Waals surface area contributed by atoms with Crippen LogP contribution in [-0.2, 0) is 28.6 Å². The lowest BCUT2D eigenvalue weighted by molar-refractivity contribution is -0.167. The second-order valence-corrected chi connectivity index (χ2v) is 19.9. The molecule has 1 atom stereocenters. The fourth-order valence-corrected chi connectivity index (χ4v) is 7.96. The summed E-state index contributed by atoms with van der Waals surface area (Å²) in [4.78, 5) is 38.2. The topological polar surface area (TPSA) is 78.9 Å². The molecule has 0 aromatic heterocycles. The third-order valence-corrected chi connectivity index (χ3v) is 12.5. The first-order valence-corrected chi connectivity index (χ1v) is 31.0. The highest BCUT2D eigenvalue weighted by Crippen LogP contribution is 2.14. The van der Waals surface area contributed by atoms with E-state index < -0.39 is 6.10 Å². The van der Waals surface area contributed by atoms with Gasteiger partial charge in [-0.1, -0.05) is 269 Å². The van der Waals surface area contributed by atoms with E-state index in [1.165, 1.54) is 64.2 Å². The van der Waals surface area contributed by atoms with Crippen LogP contribution in [-0.4, -0.2) is 37.2 Å². The average Bonchev–Trinajstić information content (AvgIpc) is 3.43. The van der Waals surface area contributed by atoms with Gasteiger partial charge in [-0.15, -0.1) is 0 Å². The van der Waals surface area contributed by atoms with E-state index in [0.29, 0.717) is 19.3 Å². The predicted molar refractivity (Wildman–Crippen MR) is 334 cm³/mol. The quantitative estimate of drug-likeness (QED) is 0.0261. The predicted octanol–water partition coefficient (Wildman–Crippen LogP) is 21.3. The van der Waals surface area contributed by atoms with Gasteiger partial charge in [-0.05, 0) is 122 Å². The molecular weight excluding hydrogens is 949 g/mol. The van der Waals surface area contributed by atoms with Crippen LogP contribution in [0.2, 0.25) is 0 Å². The van der Waals surface area contributed by atoms with Crippen LogP contribution in [0, 0.1) is 0 Å². The number of ether oxygens (including phenoxy) is 3. The van der Waals surface area contributed by atoms with Gasteiger partial charge in [0.2, 0.25) is 0 Å². The molecule has 0 N–H and O–H groups in total. The van der Waals surface area contributed by atoms with Crippen LogP contribution in [0.4, 0.5) is 0 Å². The third kappa shape index (κ3) is 61.8. The van der Waals surface area contributed by atoms with Crippen LogP contribution in [0.1, 0.15) is 252 Å². The Labute approximate surface area is 473 Å². The summed E-state index contributed by atoms with van der Waals surface area (Å²) in [5.41, 5.74) is 0. The van der Waals surface area contributed by atoms with E-state index in [1.54, 1.807) is 0 Å². The second kappa shape index (κ2) is 63.6. The zero-order chi connectivity index (χ0) is 55.7. The first-order valence-electron chi connectivity index (χ1n) is 31.0. The van der Waals surface area contributed by atoms with Crippen molar-refractivity contribution in [1.29, 1.82) is 0 Å². The number of allylic oxidation sites excluding steroid dienone is 26. The van der Waals surface area contributed by atoms with E-state index in [1.807, 2.05) is 0 Å². The molecule has 432 valence electrons. The lowest BCUT2D eigenvalue weighted by atomic mass is 10.1. The maximum absolute atomic E-state index is 12.9. The van der Waals surface area contributed by atoms with E-state index in [2.05, 4.69) is 179 Å². The zero-order valence-corrected chi connectivity index (χ0v) is 49.4. The Morgan fingerprint density at radius 2 is 0.519 bits per heavy atom.